The van der Waals surface area contributed by atoms with Gasteiger partial charge in [-0.05, 0) is 25.8 Å². The summed E-state index contributed by atoms with van der Waals surface area (Å²) in [5.74, 6) is 0.705. The Morgan fingerprint density at radius 1 is 1.53 bits per heavy atom. The van der Waals surface area contributed by atoms with Crippen LogP contribution in [0.15, 0.2) is 0 Å². The second-order valence-corrected chi connectivity index (χ2v) is 4.44. The topological polar surface area (TPSA) is 41.6 Å². The average Bonchev–Trinajstić information content (AvgIpc) is 2.17. The smallest absolute Gasteiger partial charge is 0.407 e. The number of hydrogen-bond donors (Lipinski definition) is 1. The maximum Gasteiger partial charge on any atom is 0.407 e. The number of carbonyl (C=O) groups excluding carboxylic acids is 1. The second-order valence-electron chi connectivity index (χ2n) is 4.44. The van der Waals surface area contributed by atoms with Gasteiger partial charge in [-0.1, -0.05) is 13.3 Å². The van der Waals surface area contributed by atoms with Gasteiger partial charge in [0.25, 0.3) is 0 Å². The van der Waals surface area contributed by atoms with Crippen LogP contribution >= 0.6 is 0 Å². The lowest BCUT2D eigenvalue weighted by atomic mass is 9.91. The summed E-state index contributed by atoms with van der Waals surface area (Å²) in [6, 6.07) is 0.243. The molecule has 0 spiro atoms. The molecule has 1 N–H and O–H groups in total. The van der Waals surface area contributed by atoms with Crippen molar-refractivity contribution in [1.82, 2.24) is 10.2 Å². The molecule has 1 saturated heterocycles. The molecule has 4 heteroatoms. The van der Waals surface area contributed by atoms with E-state index < -0.39 is 0 Å². The number of methoxy groups -OCH3 is 1. The first-order valence-corrected chi connectivity index (χ1v) is 5.68. The van der Waals surface area contributed by atoms with Crippen molar-refractivity contribution in [2.75, 3.05) is 27.2 Å². The molecule has 1 aliphatic rings. The molecule has 1 aliphatic heterocycles. The molecule has 0 bridgehead atoms. The second kappa shape index (κ2) is 5.95. The molecular formula is C11H22N2O2. The SMILES string of the molecule is CCCC1CC(NC(=O)OC)CN(C)C1. The van der Waals surface area contributed by atoms with Crippen molar-refractivity contribution in [2.45, 2.75) is 32.2 Å². The summed E-state index contributed by atoms with van der Waals surface area (Å²) in [6.07, 6.45) is 3.21. The highest BCUT2D eigenvalue weighted by Gasteiger charge is 2.25. The summed E-state index contributed by atoms with van der Waals surface area (Å²) in [6.45, 7) is 4.28. The van der Waals surface area contributed by atoms with E-state index in [0.717, 1.165) is 19.5 Å². The number of piperidine rings is 1. The third kappa shape index (κ3) is 4.08. The number of likely N-dealkylation sites (tertiary alicyclic amines) is 1. The normalized spacial score (nSPS) is 27.4. The van der Waals surface area contributed by atoms with Gasteiger partial charge in [-0.3, -0.25) is 0 Å². The van der Waals surface area contributed by atoms with Crippen LogP contribution in [0.1, 0.15) is 26.2 Å². The Balaban J connectivity index is 2.40. The zero-order valence-corrected chi connectivity index (χ0v) is 9.95. The number of nitrogens with one attached hydrogen (secondary N) is 1. The molecular weight excluding hydrogens is 192 g/mol. The number of carbonyl (C=O) groups is 1. The summed E-state index contributed by atoms with van der Waals surface area (Å²) in [7, 11) is 3.51. The molecule has 2 unspecified atom stereocenters. The fraction of sp³-hybridized carbons (Fsp3) is 0.909. The van der Waals surface area contributed by atoms with Crippen molar-refractivity contribution < 1.29 is 9.53 Å². The summed E-state index contributed by atoms with van der Waals surface area (Å²) in [5.41, 5.74) is 0. The van der Waals surface area contributed by atoms with Gasteiger partial charge in [0.1, 0.15) is 0 Å². The van der Waals surface area contributed by atoms with Crippen LogP contribution < -0.4 is 5.32 Å². The minimum absolute atomic E-state index is 0.243. The van der Waals surface area contributed by atoms with E-state index in [1.165, 1.54) is 20.0 Å². The van der Waals surface area contributed by atoms with Crippen LogP contribution in [0.4, 0.5) is 4.79 Å². The molecule has 4 nitrogen and oxygen atoms in total. The Bertz CT molecular complexity index is 209. The molecule has 1 amide bonds. The largest absolute Gasteiger partial charge is 0.453 e. The fourth-order valence-corrected chi connectivity index (χ4v) is 2.39. The average molecular weight is 214 g/mol. The first kappa shape index (κ1) is 12.3. The van der Waals surface area contributed by atoms with Crippen LogP contribution in [-0.4, -0.2) is 44.3 Å². The van der Waals surface area contributed by atoms with Gasteiger partial charge in [-0.25, -0.2) is 4.79 Å². The number of nitrogens with zero attached hydrogens (tertiary/aromatic N) is 1. The molecule has 1 rings (SSSR count). The van der Waals surface area contributed by atoms with Crippen LogP contribution in [0.25, 0.3) is 0 Å². The van der Waals surface area contributed by atoms with Crippen molar-refractivity contribution in [3.63, 3.8) is 0 Å². The van der Waals surface area contributed by atoms with Crippen molar-refractivity contribution in [2.24, 2.45) is 5.92 Å². The monoisotopic (exact) mass is 214 g/mol. The standard InChI is InChI=1S/C11H22N2O2/c1-4-5-9-6-10(8-13(2)7-9)12-11(14)15-3/h9-10H,4-8H2,1-3H3,(H,12,14). The molecule has 1 heterocycles. The molecule has 15 heavy (non-hydrogen) atoms. The molecule has 2 atom stereocenters. The highest BCUT2D eigenvalue weighted by atomic mass is 16.5. The predicted octanol–water partition coefficient (Wildman–Crippen LogP) is 1.46. The highest BCUT2D eigenvalue weighted by molar-refractivity contribution is 5.67. The van der Waals surface area contributed by atoms with Crippen LogP contribution in [0.3, 0.4) is 0 Å². The quantitative estimate of drug-likeness (QED) is 0.773. The van der Waals surface area contributed by atoms with Crippen molar-refractivity contribution in [1.29, 1.82) is 0 Å². The number of ether oxygens (including phenoxy) is 1. The molecule has 0 aromatic heterocycles. The third-order valence-corrected chi connectivity index (χ3v) is 2.92. The highest BCUT2D eigenvalue weighted by Crippen LogP contribution is 2.20. The number of rotatable bonds is 3. The first-order chi connectivity index (χ1) is 7.15. The van der Waals surface area contributed by atoms with E-state index in [4.69, 9.17) is 0 Å². The summed E-state index contributed by atoms with van der Waals surface area (Å²) in [5, 5.41) is 2.88. The van der Waals surface area contributed by atoms with Gasteiger partial charge in [0.15, 0.2) is 0 Å². The molecule has 1 fully saturated rings. The van der Waals surface area contributed by atoms with Gasteiger partial charge < -0.3 is 15.0 Å². The maximum absolute atomic E-state index is 11.1. The Hall–Kier alpha value is -0.770. The minimum atomic E-state index is -0.314. The lowest BCUT2D eigenvalue weighted by molar-refractivity contribution is 0.136. The zero-order valence-electron chi connectivity index (χ0n) is 9.95. The Morgan fingerprint density at radius 2 is 2.27 bits per heavy atom. The summed E-state index contributed by atoms with van der Waals surface area (Å²) >= 11 is 0. The van der Waals surface area contributed by atoms with Crippen molar-refractivity contribution in [3.05, 3.63) is 0 Å². The van der Waals surface area contributed by atoms with Crippen LogP contribution in [-0.2, 0) is 4.74 Å². The van der Waals surface area contributed by atoms with E-state index in [1.807, 2.05) is 0 Å². The number of hydrogen-bond acceptors (Lipinski definition) is 3. The van der Waals surface area contributed by atoms with Crippen molar-refractivity contribution >= 4 is 6.09 Å². The van der Waals surface area contributed by atoms with Gasteiger partial charge in [-0.15, -0.1) is 0 Å². The number of alkyl carbamates (subject to hydrolysis) is 1. The van der Waals surface area contributed by atoms with Gasteiger partial charge >= 0.3 is 6.09 Å². The first-order valence-electron chi connectivity index (χ1n) is 5.68. The van der Waals surface area contributed by atoms with E-state index in [9.17, 15) is 4.79 Å². The Morgan fingerprint density at radius 3 is 2.87 bits per heavy atom. The summed E-state index contributed by atoms with van der Waals surface area (Å²) in [4.78, 5) is 13.4. The van der Waals surface area contributed by atoms with E-state index >= 15 is 0 Å². The van der Waals surface area contributed by atoms with Crippen LogP contribution in [0.2, 0.25) is 0 Å². The zero-order chi connectivity index (χ0) is 11.3. The molecule has 88 valence electrons. The molecule has 0 aliphatic carbocycles. The van der Waals surface area contributed by atoms with Gasteiger partial charge in [0.2, 0.25) is 0 Å². The van der Waals surface area contributed by atoms with Gasteiger partial charge in [-0.2, -0.15) is 0 Å². The van der Waals surface area contributed by atoms with E-state index in [1.54, 1.807) is 0 Å². The minimum Gasteiger partial charge on any atom is -0.453 e. The van der Waals surface area contributed by atoms with E-state index in [-0.39, 0.29) is 12.1 Å². The molecule has 0 aromatic carbocycles. The van der Waals surface area contributed by atoms with Crippen molar-refractivity contribution in [3.8, 4) is 0 Å². The van der Waals surface area contributed by atoms with E-state index in [2.05, 4.69) is 28.9 Å². The Kier molecular flexibility index (Phi) is 4.88. The molecule has 0 radical (unpaired) electrons. The van der Waals surface area contributed by atoms with Crippen LogP contribution in [0, 0.1) is 5.92 Å². The maximum atomic E-state index is 11.1. The van der Waals surface area contributed by atoms with Gasteiger partial charge in [0.05, 0.1) is 7.11 Å². The fourth-order valence-electron chi connectivity index (χ4n) is 2.39. The summed E-state index contributed by atoms with van der Waals surface area (Å²) < 4.78 is 4.61. The Labute approximate surface area is 92.0 Å². The predicted molar refractivity (Wildman–Crippen MR) is 59.8 cm³/mol. The molecule has 0 aromatic rings. The third-order valence-electron chi connectivity index (χ3n) is 2.92. The lowest BCUT2D eigenvalue weighted by Gasteiger charge is -2.35. The van der Waals surface area contributed by atoms with Crippen LogP contribution in [0.5, 0.6) is 0 Å². The lowest BCUT2D eigenvalue weighted by Crippen LogP contribution is -2.49. The molecule has 0 saturated carbocycles. The van der Waals surface area contributed by atoms with E-state index in [0.29, 0.717) is 5.92 Å². The van der Waals surface area contributed by atoms with Gasteiger partial charge in [0, 0.05) is 19.1 Å². The number of amides is 1. The number of likely N-dealkylation sites (N-methyl/N-ethyl adjacent to an activating group) is 1.